The maximum Gasteiger partial charge on any atom is 0.118 e. The number of ether oxygens (including phenoxy) is 1. The lowest BCUT2D eigenvalue weighted by molar-refractivity contribution is 0.229. The van der Waals surface area contributed by atoms with Crippen LogP contribution < -0.4 is 10.1 Å². The summed E-state index contributed by atoms with van der Waals surface area (Å²) in [5.41, 5.74) is 1.22. The van der Waals surface area contributed by atoms with Crippen LogP contribution in [0.15, 0.2) is 24.3 Å². The van der Waals surface area contributed by atoms with Crippen molar-refractivity contribution in [3.8, 4) is 5.75 Å². The predicted molar refractivity (Wildman–Crippen MR) is 70.3 cm³/mol. The molecule has 0 heterocycles. The number of hydrogen-bond donors (Lipinski definition) is 2. The summed E-state index contributed by atoms with van der Waals surface area (Å²) in [6, 6.07) is 8.43. The topological polar surface area (TPSA) is 41.5 Å². The molecule has 0 aliphatic carbocycles. The van der Waals surface area contributed by atoms with Gasteiger partial charge in [-0.05, 0) is 30.5 Å². The maximum absolute atomic E-state index is 9.11. The average molecular weight is 237 g/mol. The number of aliphatic hydroxyl groups is 1. The van der Waals surface area contributed by atoms with Crippen LogP contribution >= 0.6 is 0 Å². The van der Waals surface area contributed by atoms with Crippen molar-refractivity contribution in [1.82, 2.24) is 5.32 Å². The molecule has 0 fully saturated rings. The van der Waals surface area contributed by atoms with Crippen LogP contribution in [0.4, 0.5) is 0 Å². The van der Waals surface area contributed by atoms with Gasteiger partial charge in [-0.1, -0.05) is 26.0 Å². The van der Waals surface area contributed by atoms with Crippen molar-refractivity contribution in [3.63, 3.8) is 0 Å². The van der Waals surface area contributed by atoms with E-state index in [-0.39, 0.29) is 18.7 Å². The molecule has 0 saturated carbocycles. The highest BCUT2D eigenvalue weighted by Crippen LogP contribution is 2.24. The number of benzene rings is 1. The molecule has 0 saturated heterocycles. The second-order valence-electron chi connectivity index (χ2n) is 4.75. The Balaban J connectivity index is 2.81. The molecule has 0 spiro atoms. The minimum atomic E-state index is 0.101. The van der Waals surface area contributed by atoms with E-state index >= 15 is 0 Å². The molecule has 1 aromatic rings. The highest BCUT2D eigenvalue weighted by Gasteiger charge is 2.17. The molecule has 3 heteroatoms. The zero-order chi connectivity index (χ0) is 12.8. The Kier molecular flexibility index (Phi) is 5.45. The van der Waals surface area contributed by atoms with Gasteiger partial charge in [-0.25, -0.2) is 0 Å². The molecule has 2 N–H and O–H groups in total. The molecule has 0 unspecified atom stereocenters. The van der Waals surface area contributed by atoms with Gasteiger partial charge < -0.3 is 15.2 Å². The van der Waals surface area contributed by atoms with Gasteiger partial charge in [-0.2, -0.15) is 0 Å². The van der Waals surface area contributed by atoms with Crippen molar-refractivity contribution >= 4 is 0 Å². The largest absolute Gasteiger partial charge is 0.497 e. The standard InChI is InChI=1S/C14H23NO2/c1-10(2)14(15-11(3)9-16)12-5-7-13(17-4)8-6-12/h5-8,10-11,14-16H,9H2,1-4H3/t11-,14-/m1/s1. The van der Waals surface area contributed by atoms with Gasteiger partial charge in [0, 0.05) is 12.1 Å². The van der Waals surface area contributed by atoms with Crippen LogP contribution in [0.25, 0.3) is 0 Å². The third-order valence-electron chi connectivity index (χ3n) is 2.88. The molecule has 0 aliphatic rings. The molecule has 1 aromatic carbocycles. The lowest BCUT2D eigenvalue weighted by Crippen LogP contribution is -2.35. The SMILES string of the molecule is COc1ccc([C@H](N[C@H](C)CO)C(C)C)cc1. The molecule has 0 radical (unpaired) electrons. The minimum Gasteiger partial charge on any atom is -0.497 e. The van der Waals surface area contributed by atoms with Crippen molar-refractivity contribution in [2.45, 2.75) is 32.9 Å². The Morgan fingerprint density at radius 2 is 1.76 bits per heavy atom. The highest BCUT2D eigenvalue weighted by molar-refractivity contribution is 5.29. The summed E-state index contributed by atoms with van der Waals surface area (Å²) < 4.78 is 5.15. The van der Waals surface area contributed by atoms with Gasteiger partial charge in [0.25, 0.3) is 0 Å². The van der Waals surface area contributed by atoms with E-state index in [1.54, 1.807) is 7.11 Å². The van der Waals surface area contributed by atoms with Crippen LogP contribution in [0.1, 0.15) is 32.4 Å². The molecule has 0 amide bonds. The highest BCUT2D eigenvalue weighted by atomic mass is 16.5. The third kappa shape index (κ3) is 4.02. The van der Waals surface area contributed by atoms with E-state index in [4.69, 9.17) is 9.84 Å². The summed E-state index contributed by atoms with van der Waals surface area (Å²) in [7, 11) is 1.67. The molecular weight excluding hydrogens is 214 g/mol. The van der Waals surface area contributed by atoms with E-state index in [2.05, 4.69) is 31.3 Å². The van der Waals surface area contributed by atoms with E-state index in [9.17, 15) is 0 Å². The van der Waals surface area contributed by atoms with Crippen LogP contribution in [0, 0.1) is 5.92 Å². The first kappa shape index (κ1) is 14.0. The monoisotopic (exact) mass is 237 g/mol. The van der Waals surface area contributed by atoms with E-state index in [0.717, 1.165) is 5.75 Å². The molecular formula is C14H23NO2. The van der Waals surface area contributed by atoms with Gasteiger partial charge in [0.15, 0.2) is 0 Å². The second kappa shape index (κ2) is 6.62. The van der Waals surface area contributed by atoms with E-state index in [1.165, 1.54) is 5.56 Å². The summed E-state index contributed by atoms with van der Waals surface area (Å²) in [5.74, 6) is 1.34. The quantitative estimate of drug-likeness (QED) is 0.798. The van der Waals surface area contributed by atoms with E-state index in [0.29, 0.717) is 5.92 Å². The van der Waals surface area contributed by atoms with Gasteiger partial charge in [0.1, 0.15) is 5.75 Å². The average Bonchev–Trinajstić information content (AvgIpc) is 2.35. The number of rotatable bonds is 6. The summed E-state index contributed by atoms with van der Waals surface area (Å²) in [5, 5.41) is 12.5. The zero-order valence-corrected chi connectivity index (χ0v) is 11.1. The lowest BCUT2D eigenvalue weighted by atomic mass is 9.95. The summed E-state index contributed by atoms with van der Waals surface area (Å²) >= 11 is 0. The smallest absolute Gasteiger partial charge is 0.118 e. The zero-order valence-electron chi connectivity index (χ0n) is 11.1. The fraction of sp³-hybridized carbons (Fsp3) is 0.571. The molecule has 2 atom stereocenters. The molecule has 96 valence electrons. The number of nitrogens with one attached hydrogen (secondary N) is 1. The third-order valence-corrected chi connectivity index (χ3v) is 2.88. The minimum absolute atomic E-state index is 0.101. The first-order valence-corrected chi connectivity index (χ1v) is 6.09. The van der Waals surface area contributed by atoms with Gasteiger partial charge in [0.05, 0.1) is 13.7 Å². The second-order valence-corrected chi connectivity index (χ2v) is 4.75. The summed E-state index contributed by atoms with van der Waals surface area (Å²) in [4.78, 5) is 0. The fourth-order valence-electron chi connectivity index (χ4n) is 1.84. The molecule has 0 aliphatic heterocycles. The summed E-state index contributed by atoms with van der Waals surface area (Å²) in [6.07, 6.45) is 0. The first-order valence-electron chi connectivity index (χ1n) is 6.09. The normalized spacial score (nSPS) is 14.7. The van der Waals surface area contributed by atoms with Crippen LogP contribution in [0.3, 0.4) is 0 Å². The molecule has 1 rings (SSSR count). The Hall–Kier alpha value is -1.06. The van der Waals surface area contributed by atoms with Crippen LogP contribution in [-0.4, -0.2) is 24.9 Å². The number of aliphatic hydroxyl groups excluding tert-OH is 1. The van der Waals surface area contributed by atoms with E-state index in [1.807, 2.05) is 19.1 Å². The van der Waals surface area contributed by atoms with Crippen LogP contribution in [-0.2, 0) is 0 Å². The molecule has 0 aromatic heterocycles. The van der Waals surface area contributed by atoms with Crippen molar-refractivity contribution in [2.24, 2.45) is 5.92 Å². The van der Waals surface area contributed by atoms with Gasteiger partial charge in [0.2, 0.25) is 0 Å². The van der Waals surface area contributed by atoms with E-state index < -0.39 is 0 Å². The number of methoxy groups -OCH3 is 1. The van der Waals surface area contributed by atoms with Gasteiger partial charge in [-0.3, -0.25) is 0 Å². The van der Waals surface area contributed by atoms with Gasteiger partial charge in [-0.15, -0.1) is 0 Å². The molecule has 3 nitrogen and oxygen atoms in total. The Morgan fingerprint density at radius 3 is 2.18 bits per heavy atom. The molecule has 17 heavy (non-hydrogen) atoms. The van der Waals surface area contributed by atoms with Crippen LogP contribution in [0.2, 0.25) is 0 Å². The van der Waals surface area contributed by atoms with Gasteiger partial charge >= 0.3 is 0 Å². The Labute approximate surface area is 104 Å². The fourth-order valence-corrected chi connectivity index (χ4v) is 1.84. The lowest BCUT2D eigenvalue weighted by Gasteiger charge is -2.26. The molecule has 0 bridgehead atoms. The maximum atomic E-state index is 9.11. The summed E-state index contributed by atoms with van der Waals surface area (Å²) in [6.45, 7) is 6.48. The van der Waals surface area contributed by atoms with Crippen molar-refractivity contribution in [2.75, 3.05) is 13.7 Å². The Bertz CT molecular complexity index is 321. The number of hydrogen-bond acceptors (Lipinski definition) is 3. The predicted octanol–water partition coefficient (Wildman–Crippen LogP) is 2.36. The van der Waals surface area contributed by atoms with Crippen molar-refractivity contribution in [1.29, 1.82) is 0 Å². The first-order chi connectivity index (χ1) is 8.08. The van der Waals surface area contributed by atoms with Crippen molar-refractivity contribution in [3.05, 3.63) is 29.8 Å². The van der Waals surface area contributed by atoms with Crippen LogP contribution in [0.5, 0.6) is 5.75 Å². The van der Waals surface area contributed by atoms with Crippen molar-refractivity contribution < 1.29 is 9.84 Å². The Morgan fingerprint density at radius 1 is 1.18 bits per heavy atom.